The molecule has 0 unspecified atom stereocenters. The molecule has 1 aliphatic rings. The van der Waals surface area contributed by atoms with Crippen molar-refractivity contribution in [3.8, 4) is 5.69 Å². The zero-order valence-electron chi connectivity index (χ0n) is 18.5. The zero-order chi connectivity index (χ0) is 22.5. The summed E-state index contributed by atoms with van der Waals surface area (Å²) in [4.78, 5) is 32.6. The van der Waals surface area contributed by atoms with Crippen LogP contribution in [0.3, 0.4) is 0 Å². The Balaban J connectivity index is 1.71. The Kier molecular flexibility index (Phi) is 6.54. The maximum atomic E-state index is 13.5. The van der Waals surface area contributed by atoms with Gasteiger partial charge in [-0.15, -0.1) is 0 Å². The van der Waals surface area contributed by atoms with Crippen molar-refractivity contribution in [2.75, 3.05) is 19.7 Å². The summed E-state index contributed by atoms with van der Waals surface area (Å²) < 4.78 is 6.75. The summed E-state index contributed by atoms with van der Waals surface area (Å²) in [6.07, 6.45) is 1.34. The highest BCUT2D eigenvalue weighted by Gasteiger charge is 2.30. The molecule has 2 heterocycles. The number of H-pyrrole nitrogens is 1. The van der Waals surface area contributed by atoms with Crippen molar-refractivity contribution >= 4 is 17.5 Å². The van der Waals surface area contributed by atoms with Crippen molar-refractivity contribution < 1.29 is 9.53 Å². The van der Waals surface area contributed by atoms with Crippen molar-refractivity contribution in [2.24, 2.45) is 10.9 Å². The Morgan fingerprint density at radius 2 is 1.69 bits per heavy atom. The summed E-state index contributed by atoms with van der Waals surface area (Å²) in [5, 5.41) is 3.20. The zero-order valence-corrected chi connectivity index (χ0v) is 18.5. The topological polar surface area (TPSA) is 79.7 Å². The summed E-state index contributed by atoms with van der Waals surface area (Å²) in [7, 11) is 0. The summed E-state index contributed by atoms with van der Waals surface area (Å²) in [6.45, 7) is 5.36. The number of aromatic amines is 1. The van der Waals surface area contributed by atoms with Gasteiger partial charge in [0.15, 0.2) is 0 Å². The average Bonchev–Trinajstić information content (AvgIpc) is 3.13. The van der Waals surface area contributed by atoms with Crippen molar-refractivity contribution in [1.29, 1.82) is 0 Å². The van der Waals surface area contributed by atoms with Crippen LogP contribution in [0.5, 0.6) is 0 Å². The molecular weight excluding hydrogens is 404 g/mol. The molecule has 0 radical (unpaired) electrons. The predicted molar refractivity (Wildman–Crippen MR) is 125 cm³/mol. The van der Waals surface area contributed by atoms with E-state index in [0.29, 0.717) is 43.9 Å². The summed E-state index contributed by atoms with van der Waals surface area (Å²) >= 11 is 0. The number of carbonyl (C=O) groups excluding carboxylic acids is 1. The van der Waals surface area contributed by atoms with Gasteiger partial charge in [-0.25, -0.2) is 9.67 Å². The number of aromatic nitrogens is 2. The van der Waals surface area contributed by atoms with Gasteiger partial charge in [-0.1, -0.05) is 36.4 Å². The number of amidine groups is 1. The molecule has 1 aliphatic heterocycles. The fourth-order valence-electron chi connectivity index (χ4n) is 4.07. The number of hydrogen-bond acceptors (Lipinski definition) is 4. The second kappa shape index (κ2) is 9.68. The molecule has 1 saturated heterocycles. The van der Waals surface area contributed by atoms with Crippen LogP contribution in [0.4, 0.5) is 5.69 Å². The fraction of sp³-hybridized carbons (Fsp3) is 0.320. The molecule has 1 aromatic heterocycles. The van der Waals surface area contributed by atoms with Crippen LogP contribution in [0, 0.1) is 12.8 Å². The SMILES string of the molecule is CCOC(=O)C1CCN(C(=Nc2ccccc2)c2c(C)[nH]n(-c3ccccc3)c2=O)CC1. The summed E-state index contributed by atoms with van der Waals surface area (Å²) in [5.41, 5.74) is 2.71. The van der Waals surface area contributed by atoms with Crippen molar-refractivity contribution in [1.82, 2.24) is 14.7 Å². The molecule has 0 aliphatic carbocycles. The molecule has 0 spiro atoms. The Hall–Kier alpha value is -3.61. The molecule has 0 atom stereocenters. The molecule has 0 amide bonds. The lowest BCUT2D eigenvalue weighted by molar-refractivity contribution is -0.149. The van der Waals surface area contributed by atoms with E-state index in [2.05, 4.69) is 10.00 Å². The third-order valence-electron chi connectivity index (χ3n) is 5.72. The minimum Gasteiger partial charge on any atom is -0.466 e. The van der Waals surface area contributed by atoms with Crippen LogP contribution in [0.2, 0.25) is 0 Å². The number of carbonyl (C=O) groups is 1. The Bertz CT molecular complexity index is 1140. The van der Waals surface area contributed by atoms with Gasteiger partial charge in [0.05, 0.1) is 23.9 Å². The van der Waals surface area contributed by atoms with Crippen molar-refractivity contribution in [3.63, 3.8) is 0 Å². The molecule has 4 rings (SSSR count). The molecule has 2 aromatic carbocycles. The molecule has 0 bridgehead atoms. The lowest BCUT2D eigenvalue weighted by Crippen LogP contribution is -2.42. The molecule has 7 nitrogen and oxygen atoms in total. The smallest absolute Gasteiger partial charge is 0.309 e. The molecule has 0 saturated carbocycles. The largest absolute Gasteiger partial charge is 0.466 e. The number of para-hydroxylation sites is 2. The molecule has 1 fully saturated rings. The van der Waals surface area contributed by atoms with Crippen LogP contribution in [0.25, 0.3) is 5.69 Å². The molecule has 1 N–H and O–H groups in total. The second-order valence-corrected chi connectivity index (χ2v) is 7.87. The van der Waals surface area contributed by atoms with Crippen LogP contribution in [0.1, 0.15) is 31.0 Å². The number of piperidine rings is 1. The van der Waals surface area contributed by atoms with Crippen molar-refractivity contribution in [2.45, 2.75) is 26.7 Å². The highest BCUT2D eigenvalue weighted by molar-refractivity contribution is 6.01. The van der Waals surface area contributed by atoms with E-state index in [0.717, 1.165) is 17.1 Å². The third-order valence-corrected chi connectivity index (χ3v) is 5.72. The lowest BCUT2D eigenvalue weighted by atomic mass is 9.96. The number of ether oxygens (including phenoxy) is 1. The van der Waals surface area contributed by atoms with E-state index in [1.54, 1.807) is 4.68 Å². The molecule has 166 valence electrons. The fourth-order valence-corrected chi connectivity index (χ4v) is 4.07. The van der Waals surface area contributed by atoms with E-state index >= 15 is 0 Å². The van der Waals surface area contributed by atoms with Crippen LogP contribution in [-0.2, 0) is 9.53 Å². The van der Waals surface area contributed by atoms with Crippen LogP contribution in [0.15, 0.2) is 70.5 Å². The standard InChI is InChI=1S/C25H28N4O3/c1-3-32-25(31)19-14-16-28(17-15-19)23(26-20-10-6-4-7-11-20)22-18(2)27-29(24(22)30)21-12-8-5-9-13-21/h4-13,19,27H,3,14-17H2,1-2H3. The number of nitrogens with one attached hydrogen (secondary N) is 1. The van der Waals surface area contributed by atoms with Crippen LogP contribution < -0.4 is 5.56 Å². The Morgan fingerprint density at radius 1 is 1.06 bits per heavy atom. The Labute approximate surface area is 187 Å². The van der Waals surface area contributed by atoms with E-state index in [1.165, 1.54) is 0 Å². The van der Waals surface area contributed by atoms with Gasteiger partial charge >= 0.3 is 5.97 Å². The number of esters is 1. The number of likely N-dealkylation sites (tertiary alicyclic amines) is 1. The van der Waals surface area contributed by atoms with Gasteiger partial charge in [-0.05, 0) is 51.0 Å². The minimum atomic E-state index is -0.143. The van der Waals surface area contributed by atoms with Crippen molar-refractivity contribution in [3.05, 3.63) is 82.3 Å². The molecule has 32 heavy (non-hydrogen) atoms. The number of aryl methyl sites for hydroxylation is 1. The maximum absolute atomic E-state index is 13.5. The number of nitrogens with zero attached hydrogens (tertiary/aromatic N) is 3. The number of benzene rings is 2. The first-order chi connectivity index (χ1) is 15.6. The summed E-state index contributed by atoms with van der Waals surface area (Å²) in [5.74, 6) is 0.377. The van der Waals surface area contributed by atoms with E-state index < -0.39 is 0 Å². The molecule has 7 heteroatoms. The summed E-state index contributed by atoms with van der Waals surface area (Å²) in [6, 6.07) is 19.1. The van der Waals surface area contributed by atoms with Gasteiger partial charge in [0.1, 0.15) is 11.4 Å². The quantitative estimate of drug-likeness (QED) is 0.378. The first-order valence-corrected chi connectivity index (χ1v) is 11.0. The van der Waals surface area contributed by atoms with E-state index in [1.807, 2.05) is 74.5 Å². The van der Waals surface area contributed by atoms with Gasteiger partial charge in [-0.2, -0.15) is 0 Å². The van der Waals surface area contributed by atoms with Crippen LogP contribution >= 0.6 is 0 Å². The normalized spacial score (nSPS) is 15.1. The first-order valence-electron chi connectivity index (χ1n) is 11.0. The van der Waals surface area contributed by atoms with Crippen LogP contribution in [-0.4, -0.2) is 46.2 Å². The highest BCUT2D eigenvalue weighted by atomic mass is 16.5. The molecular formula is C25H28N4O3. The molecule has 3 aromatic rings. The van der Waals surface area contributed by atoms with E-state index in [9.17, 15) is 9.59 Å². The predicted octanol–water partition coefficient (Wildman–Crippen LogP) is 3.83. The van der Waals surface area contributed by atoms with Gasteiger partial charge in [-0.3, -0.25) is 14.7 Å². The average molecular weight is 433 g/mol. The van der Waals surface area contributed by atoms with Gasteiger partial charge in [0.25, 0.3) is 5.56 Å². The Morgan fingerprint density at radius 3 is 2.31 bits per heavy atom. The number of rotatable bonds is 5. The maximum Gasteiger partial charge on any atom is 0.309 e. The minimum absolute atomic E-state index is 0.113. The number of hydrogen-bond donors (Lipinski definition) is 1. The van der Waals surface area contributed by atoms with E-state index in [4.69, 9.17) is 9.73 Å². The number of aliphatic imine (C=N–C) groups is 1. The monoisotopic (exact) mass is 432 g/mol. The van der Waals surface area contributed by atoms with Gasteiger partial charge < -0.3 is 9.64 Å². The highest BCUT2D eigenvalue weighted by Crippen LogP contribution is 2.23. The third kappa shape index (κ3) is 4.51. The van der Waals surface area contributed by atoms with Gasteiger partial charge in [0, 0.05) is 18.8 Å². The van der Waals surface area contributed by atoms with E-state index in [-0.39, 0.29) is 17.4 Å². The first kappa shape index (κ1) is 21.6. The van der Waals surface area contributed by atoms with Gasteiger partial charge in [0.2, 0.25) is 0 Å². The lowest BCUT2D eigenvalue weighted by Gasteiger charge is -2.33. The second-order valence-electron chi connectivity index (χ2n) is 7.87.